The predicted octanol–water partition coefficient (Wildman–Crippen LogP) is 1.98. The summed E-state index contributed by atoms with van der Waals surface area (Å²) in [5.74, 6) is 0.976. The standard InChI is InChI=1S/C12H17NO/c1-10-3-5-11(6-4-10)14-9-12(2)7-13-8-12/h3-6,13H,7-9H2,1-2H3. The molecular weight excluding hydrogens is 174 g/mol. The van der Waals surface area contributed by atoms with Crippen LogP contribution in [-0.4, -0.2) is 19.7 Å². The van der Waals surface area contributed by atoms with Crippen molar-refractivity contribution in [1.29, 1.82) is 0 Å². The van der Waals surface area contributed by atoms with E-state index in [9.17, 15) is 0 Å². The third-order valence-electron chi connectivity index (χ3n) is 2.71. The Morgan fingerprint density at radius 3 is 2.43 bits per heavy atom. The molecule has 1 fully saturated rings. The van der Waals surface area contributed by atoms with Gasteiger partial charge in [0, 0.05) is 18.5 Å². The predicted molar refractivity (Wildman–Crippen MR) is 57.7 cm³/mol. The zero-order chi connectivity index (χ0) is 10.0. The van der Waals surface area contributed by atoms with Gasteiger partial charge in [-0.2, -0.15) is 0 Å². The topological polar surface area (TPSA) is 21.3 Å². The number of aryl methyl sites for hydroxylation is 1. The quantitative estimate of drug-likeness (QED) is 0.789. The van der Waals surface area contributed by atoms with Crippen LogP contribution in [0.5, 0.6) is 5.75 Å². The molecule has 1 aromatic carbocycles. The van der Waals surface area contributed by atoms with E-state index in [1.54, 1.807) is 0 Å². The summed E-state index contributed by atoms with van der Waals surface area (Å²) in [6, 6.07) is 8.23. The van der Waals surface area contributed by atoms with Gasteiger partial charge < -0.3 is 10.1 Å². The summed E-state index contributed by atoms with van der Waals surface area (Å²) in [5, 5.41) is 3.27. The number of rotatable bonds is 3. The Balaban J connectivity index is 1.88. The first kappa shape index (κ1) is 9.53. The van der Waals surface area contributed by atoms with Gasteiger partial charge in [-0.15, -0.1) is 0 Å². The maximum absolute atomic E-state index is 5.73. The van der Waals surface area contributed by atoms with E-state index < -0.39 is 0 Å². The molecule has 1 saturated heterocycles. The average molecular weight is 191 g/mol. The molecule has 2 rings (SSSR count). The highest BCUT2D eigenvalue weighted by Gasteiger charge is 2.32. The number of ether oxygens (including phenoxy) is 1. The van der Waals surface area contributed by atoms with E-state index in [2.05, 4.69) is 31.3 Å². The molecule has 0 saturated carbocycles. The van der Waals surface area contributed by atoms with Gasteiger partial charge in [-0.05, 0) is 19.1 Å². The molecule has 0 atom stereocenters. The fourth-order valence-corrected chi connectivity index (χ4v) is 1.55. The van der Waals surface area contributed by atoms with Gasteiger partial charge in [0.05, 0.1) is 6.61 Å². The molecule has 0 spiro atoms. The molecule has 0 unspecified atom stereocenters. The SMILES string of the molecule is Cc1ccc(OCC2(C)CNC2)cc1. The van der Waals surface area contributed by atoms with Gasteiger partial charge in [-0.3, -0.25) is 0 Å². The van der Waals surface area contributed by atoms with Crippen molar-refractivity contribution in [2.45, 2.75) is 13.8 Å². The van der Waals surface area contributed by atoms with Crippen molar-refractivity contribution in [1.82, 2.24) is 5.32 Å². The molecule has 2 heteroatoms. The van der Waals surface area contributed by atoms with E-state index in [0.717, 1.165) is 25.4 Å². The molecule has 2 nitrogen and oxygen atoms in total. The van der Waals surface area contributed by atoms with E-state index in [0.29, 0.717) is 5.41 Å². The second kappa shape index (κ2) is 3.62. The van der Waals surface area contributed by atoms with Gasteiger partial charge in [-0.25, -0.2) is 0 Å². The van der Waals surface area contributed by atoms with Crippen LogP contribution >= 0.6 is 0 Å². The minimum absolute atomic E-state index is 0.338. The highest BCUT2D eigenvalue weighted by molar-refractivity contribution is 5.26. The lowest BCUT2D eigenvalue weighted by atomic mass is 9.85. The number of benzene rings is 1. The van der Waals surface area contributed by atoms with E-state index in [-0.39, 0.29) is 0 Å². The van der Waals surface area contributed by atoms with Crippen LogP contribution in [0.2, 0.25) is 0 Å². The van der Waals surface area contributed by atoms with Crippen molar-refractivity contribution in [3.05, 3.63) is 29.8 Å². The monoisotopic (exact) mass is 191 g/mol. The van der Waals surface area contributed by atoms with Crippen LogP contribution in [-0.2, 0) is 0 Å². The zero-order valence-corrected chi connectivity index (χ0v) is 8.84. The van der Waals surface area contributed by atoms with Gasteiger partial charge in [0.2, 0.25) is 0 Å². The molecule has 1 heterocycles. The van der Waals surface area contributed by atoms with E-state index in [1.807, 2.05) is 12.1 Å². The first-order chi connectivity index (χ1) is 6.68. The Kier molecular flexibility index (Phi) is 2.46. The summed E-state index contributed by atoms with van der Waals surface area (Å²) in [6.07, 6.45) is 0. The first-order valence-electron chi connectivity index (χ1n) is 5.08. The van der Waals surface area contributed by atoms with Crippen molar-refractivity contribution >= 4 is 0 Å². The van der Waals surface area contributed by atoms with Gasteiger partial charge in [0.25, 0.3) is 0 Å². The number of hydrogen-bond donors (Lipinski definition) is 1. The molecule has 0 aromatic heterocycles. The zero-order valence-electron chi connectivity index (χ0n) is 8.84. The van der Waals surface area contributed by atoms with Crippen LogP contribution in [0.3, 0.4) is 0 Å². The second-order valence-electron chi connectivity index (χ2n) is 4.52. The third kappa shape index (κ3) is 2.07. The molecular formula is C12H17NO. The summed E-state index contributed by atoms with van der Waals surface area (Å²) in [5.41, 5.74) is 1.61. The lowest BCUT2D eigenvalue weighted by Crippen LogP contribution is -2.54. The third-order valence-corrected chi connectivity index (χ3v) is 2.71. The summed E-state index contributed by atoms with van der Waals surface area (Å²) >= 11 is 0. The maximum Gasteiger partial charge on any atom is 0.119 e. The van der Waals surface area contributed by atoms with Gasteiger partial charge in [-0.1, -0.05) is 24.6 Å². The molecule has 0 radical (unpaired) electrons. The number of hydrogen-bond acceptors (Lipinski definition) is 2. The van der Waals surface area contributed by atoms with Crippen LogP contribution in [0.15, 0.2) is 24.3 Å². The van der Waals surface area contributed by atoms with E-state index in [1.165, 1.54) is 5.56 Å². The Bertz CT molecular complexity index is 301. The normalized spacial score (nSPS) is 18.7. The Labute approximate surface area is 85.3 Å². The summed E-state index contributed by atoms with van der Waals surface area (Å²) in [6.45, 7) is 7.28. The van der Waals surface area contributed by atoms with Gasteiger partial charge >= 0.3 is 0 Å². The van der Waals surface area contributed by atoms with E-state index in [4.69, 9.17) is 4.74 Å². The maximum atomic E-state index is 5.73. The minimum atomic E-state index is 0.338. The number of nitrogens with one attached hydrogen (secondary N) is 1. The summed E-state index contributed by atoms with van der Waals surface area (Å²) in [7, 11) is 0. The first-order valence-corrected chi connectivity index (χ1v) is 5.08. The minimum Gasteiger partial charge on any atom is -0.493 e. The molecule has 0 amide bonds. The van der Waals surface area contributed by atoms with Crippen molar-refractivity contribution < 1.29 is 4.74 Å². The Morgan fingerprint density at radius 2 is 1.93 bits per heavy atom. The van der Waals surface area contributed by atoms with Crippen molar-refractivity contribution in [3.8, 4) is 5.75 Å². The molecule has 1 aliphatic rings. The summed E-state index contributed by atoms with van der Waals surface area (Å²) < 4.78 is 5.73. The van der Waals surface area contributed by atoms with E-state index >= 15 is 0 Å². The van der Waals surface area contributed by atoms with Crippen LogP contribution < -0.4 is 10.1 Å². The average Bonchev–Trinajstić information content (AvgIpc) is 2.14. The largest absolute Gasteiger partial charge is 0.493 e. The fourth-order valence-electron chi connectivity index (χ4n) is 1.55. The smallest absolute Gasteiger partial charge is 0.119 e. The Hall–Kier alpha value is -1.02. The molecule has 1 aromatic rings. The van der Waals surface area contributed by atoms with Crippen LogP contribution in [0.25, 0.3) is 0 Å². The molecule has 14 heavy (non-hydrogen) atoms. The second-order valence-corrected chi connectivity index (χ2v) is 4.52. The Morgan fingerprint density at radius 1 is 1.29 bits per heavy atom. The van der Waals surface area contributed by atoms with Crippen LogP contribution in [0.4, 0.5) is 0 Å². The highest BCUT2D eigenvalue weighted by atomic mass is 16.5. The van der Waals surface area contributed by atoms with Crippen molar-refractivity contribution in [2.24, 2.45) is 5.41 Å². The van der Waals surface area contributed by atoms with Gasteiger partial charge in [0.15, 0.2) is 0 Å². The lowest BCUT2D eigenvalue weighted by molar-refractivity contribution is 0.102. The molecule has 0 aliphatic carbocycles. The fraction of sp³-hybridized carbons (Fsp3) is 0.500. The lowest BCUT2D eigenvalue weighted by Gasteiger charge is -2.38. The summed E-state index contributed by atoms with van der Waals surface area (Å²) in [4.78, 5) is 0. The van der Waals surface area contributed by atoms with Crippen LogP contribution in [0, 0.1) is 12.3 Å². The molecule has 0 bridgehead atoms. The molecule has 76 valence electrons. The van der Waals surface area contributed by atoms with Gasteiger partial charge in [0.1, 0.15) is 5.75 Å². The van der Waals surface area contributed by atoms with Crippen molar-refractivity contribution in [2.75, 3.05) is 19.7 Å². The molecule has 1 aliphatic heterocycles. The molecule has 1 N–H and O–H groups in total. The highest BCUT2D eigenvalue weighted by Crippen LogP contribution is 2.23. The van der Waals surface area contributed by atoms with Crippen molar-refractivity contribution in [3.63, 3.8) is 0 Å². The van der Waals surface area contributed by atoms with Crippen LogP contribution in [0.1, 0.15) is 12.5 Å².